The lowest BCUT2D eigenvalue weighted by Gasteiger charge is -2.24. The lowest BCUT2D eigenvalue weighted by Crippen LogP contribution is -2.33. The van der Waals surface area contributed by atoms with Crippen LogP contribution in [0.25, 0.3) is 6.08 Å². The molecule has 2 aromatic carbocycles. The van der Waals surface area contributed by atoms with Crippen LogP contribution in [0.5, 0.6) is 5.75 Å². The summed E-state index contributed by atoms with van der Waals surface area (Å²) in [6, 6.07) is 12.3. The highest BCUT2D eigenvalue weighted by Crippen LogP contribution is 2.26. The van der Waals surface area contributed by atoms with Gasteiger partial charge < -0.3 is 15.0 Å². The highest BCUT2D eigenvalue weighted by Gasteiger charge is 2.15. The van der Waals surface area contributed by atoms with E-state index in [9.17, 15) is 9.18 Å². The Morgan fingerprint density at radius 1 is 1.31 bits per heavy atom. The summed E-state index contributed by atoms with van der Waals surface area (Å²) in [6.45, 7) is 1.12. The van der Waals surface area contributed by atoms with Gasteiger partial charge in [-0.15, -0.1) is 0 Å². The molecule has 0 aliphatic carbocycles. The van der Waals surface area contributed by atoms with Crippen molar-refractivity contribution in [2.75, 3.05) is 27.2 Å². The van der Waals surface area contributed by atoms with E-state index in [4.69, 9.17) is 4.74 Å². The molecule has 0 saturated carbocycles. The first-order valence-electron chi connectivity index (χ1n) is 8.66. The highest BCUT2D eigenvalue weighted by atomic mass is 19.1. The lowest BCUT2D eigenvalue weighted by molar-refractivity contribution is -0.116. The van der Waals surface area contributed by atoms with Gasteiger partial charge in [-0.05, 0) is 61.1 Å². The van der Waals surface area contributed by atoms with E-state index >= 15 is 0 Å². The van der Waals surface area contributed by atoms with E-state index in [1.54, 1.807) is 12.1 Å². The highest BCUT2D eigenvalue weighted by molar-refractivity contribution is 5.91. The van der Waals surface area contributed by atoms with Gasteiger partial charge in [-0.1, -0.05) is 18.2 Å². The Bertz CT molecular complexity index is 817. The quantitative estimate of drug-likeness (QED) is 0.810. The summed E-state index contributed by atoms with van der Waals surface area (Å²) in [4.78, 5) is 14.1. The first-order chi connectivity index (χ1) is 12.5. The molecule has 0 saturated heterocycles. The molecule has 0 spiro atoms. The molecule has 136 valence electrons. The molecule has 1 unspecified atom stereocenters. The zero-order valence-corrected chi connectivity index (χ0v) is 15.0. The minimum absolute atomic E-state index is 0.0970. The van der Waals surface area contributed by atoms with Gasteiger partial charge >= 0.3 is 0 Å². The second-order valence-corrected chi connectivity index (χ2v) is 6.58. The van der Waals surface area contributed by atoms with E-state index in [1.807, 2.05) is 43.3 Å². The van der Waals surface area contributed by atoms with Crippen LogP contribution in [0.1, 0.15) is 22.7 Å². The van der Waals surface area contributed by atoms with Crippen molar-refractivity contribution in [3.05, 3.63) is 71.0 Å². The van der Waals surface area contributed by atoms with Gasteiger partial charge in [0.05, 0.1) is 12.6 Å². The van der Waals surface area contributed by atoms with Gasteiger partial charge in [0.15, 0.2) is 0 Å². The average molecular weight is 354 g/mol. The van der Waals surface area contributed by atoms with Crippen molar-refractivity contribution in [2.45, 2.75) is 12.5 Å². The fourth-order valence-corrected chi connectivity index (χ4v) is 3.05. The monoisotopic (exact) mass is 354 g/mol. The van der Waals surface area contributed by atoms with Crippen molar-refractivity contribution in [2.24, 2.45) is 0 Å². The van der Waals surface area contributed by atoms with E-state index in [1.165, 1.54) is 23.8 Å². The van der Waals surface area contributed by atoms with Gasteiger partial charge in [-0.2, -0.15) is 0 Å². The number of halogens is 1. The van der Waals surface area contributed by atoms with Crippen LogP contribution < -0.4 is 10.1 Å². The summed E-state index contributed by atoms with van der Waals surface area (Å²) >= 11 is 0. The summed E-state index contributed by atoms with van der Waals surface area (Å²) in [6.07, 6.45) is 4.22. The number of benzene rings is 2. The summed E-state index contributed by atoms with van der Waals surface area (Å²) in [7, 11) is 3.81. The van der Waals surface area contributed by atoms with Crippen molar-refractivity contribution >= 4 is 12.0 Å². The van der Waals surface area contributed by atoms with E-state index < -0.39 is 0 Å². The van der Waals surface area contributed by atoms with Gasteiger partial charge in [0.1, 0.15) is 11.6 Å². The molecule has 1 amide bonds. The van der Waals surface area contributed by atoms with E-state index in [0.29, 0.717) is 6.54 Å². The van der Waals surface area contributed by atoms with Crippen molar-refractivity contribution in [3.8, 4) is 5.75 Å². The lowest BCUT2D eigenvalue weighted by atomic mass is 10.1. The number of carbonyl (C=O) groups is 1. The van der Waals surface area contributed by atoms with Crippen LogP contribution in [0.2, 0.25) is 0 Å². The summed E-state index contributed by atoms with van der Waals surface area (Å²) in [5.74, 6) is 0.474. The van der Waals surface area contributed by atoms with Crippen LogP contribution in [0.3, 0.4) is 0 Å². The first-order valence-corrected chi connectivity index (χ1v) is 8.66. The molecule has 4 nitrogen and oxygen atoms in total. The van der Waals surface area contributed by atoms with Crippen molar-refractivity contribution < 1.29 is 13.9 Å². The Morgan fingerprint density at radius 2 is 2.15 bits per heavy atom. The molecule has 0 aromatic heterocycles. The van der Waals surface area contributed by atoms with Crippen LogP contribution in [0.15, 0.2) is 48.5 Å². The number of ether oxygens (including phenoxy) is 1. The zero-order valence-electron chi connectivity index (χ0n) is 15.0. The second-order valence-electron chi connectivity index (χ2n) is 6.58. The van der Waals surface area contributed by atoms with Crippen LogP contribution in [0.4, 0.5) is 4.39 Å². The normalized spacial score (nSPS) is 14.3. The van der Waals surface area contributed by atoms with Crippen LogP contribution >= 0.6 is 0 Å². The number of amides is 1. The van der Waals surface area contributed by atoms with Crippen LogP contribution in [-0.2, 0) is 11.2 Å². The fourth-order valence-electron chi connectivity index (χ4n) is 3.05. The summed E-state index contributed by atoms with van der Waals surface area (Å²) in [5, 5.41) is 2.89. The maximum absolute atomic E-state index is 13.5. The van der Waals surface area contributed by atoms with Gasteiger partial charge in [0, 0.05) is 19.0 Å². The molecule has 5 heteroatoms. The Morgan fingerprint density at radius 3 is 2.92 bits per heavy atom. The predicted molar refractivity (Wildman–Crippen MR) is 101 cm³/mol. The topological polar surface area (TPSA) is 41.6 Å². The number of nitrogens with one attached hydrogen (secondary N) is 1. The first kappa shape index (κ1) is 18.1. The number of carbonyl (C=O) groups excluding carboxylic acids is 1. The Hall–Kier alpha value is -2.66. The molecule has 0 bridgehead atoms. The molecule has 1 N–H and O–H groups in total. The van der Waals surface area contributed by atoms with Gasteiger partial charge in [0.25, 0.3) is 0 Å². The third-order valence-corrected chi connectivity index (χ3v) is 4.47. The van der Waals surface area contributed by atoms with Gasteiger partial charge in [0.2, 0.25) is 5.91 Å². The molecule has 0 radical (unpaired) electrons. The SMILES string of the molecule is CN(C)C(CNC(=O)/C=C/c1ccc2c(c1)CCO2)c1cccc(F)c1. The third kappa shape index (κ3) is 4.49. The molecule has 1 aliphatic heterocycles. The van der Waals surface area contributed by atoms with Crippen LogP contribution in [0, 0.1) is 5.82 Å². The van der Waals surface area contributed by atoms with Crippen molar-refractivity contribution in [1.82, 2.24) is 10.2 Å². The standard InChI is InChI=1S/C21H23FN2O2/c1-24(2)19(16-4-3-5-18(22)13-16)14-23-21(25)9-7-15-6-8-20-17(12-15)10-11-26-20/h3-9,12-13,19H,10-11,14H2,1-2H3,(H,23,25)/b9-7+. The van der Waals surface area contributed by atoms with E-state index in [-0.39, 0.29) is 17.8 Å². The van der Waals surface area contributed by atoms with Gasteiger partial charge in [-0.25, -0.2) is 4.39 Å². The smallest absolute Gasteiger partial charge is 0.244 e. The van der Waals surface area contributed by atoms with Gasteiger partial charge in [-0.3, -0.25) is 4.79 Å². The largest absolute Gasteiger partial charge is 0.493 e. The maximum Gasteiger partial charge on any atom is 0.244 e. The zero-order chi connectivity index (χ0) is 18.5. The molecule has 2 aromatic rings. The van der Waals surface area contributed by atoms with Crippen molar-refractivity contribution in [3.63, 3.8) is 0 Å². The predicted octanol–water partition coefficient (Wildman–Crippen LogP) is 3.19. The Balaban J connectivity index is 1.60. The van der Waals surface area contributed by atoms with E-state index in [2.05, 4.69) is 5.32 Å². The molecule has 0 fully saturated rings. The number of hydrogen-bond acceptors (Lipinski definition) is 3. The number of hydrogen-bond donors (Lipinski definition) is 1. The number of fused-ring (bicyclic) bond motifs is 1. The minimum Gasteiger partial charge on any atom is -0.493 e. The van der Waals surface area contributed by atoms with E-state index in [0.717, 1.165) is 29.9 Å². The average Bonchev–Trinajstić information content (AvgIpc) is 3.07. The molecular formula is C21H23FN2O2. The molecular weight excluding hydrogens is 331 g/mol. The number of nitrogens with zero attached hydrogens (tertiary/aromatic N) is 1. The minimum atomic E-state index is -0.277. The molecule has 1 atom stereocenters. The molecule has 3 rings (SSSR count). The Labute approximate surface area is 153 Å². The Kier molecular flexibility index (Phi) is 5.68. The summed E-state index contributed by atoms with van der Waals surface area (Å²) in [5.41, 5.74) is 2.97. The number of likely N-dealkylation sites (N-methyl/N-ethyl adjacent to an activating group) is 1. The second kappa shape index (κ2) is 8.15. The fraction of sp³-hybridized carbons (Fsp3) is 0.286. The van der Waals surface area contributed by atoms with Crippen molar-refractivity contribution in [1.29, 1.82) is 0 Å². The molecule has 1 heterocycles. The number of rotatable bonds is 6. The maximum atomic E-state index is 13.5. The van der Waals surface area contributed by atoms with Crippen LogP contribution in [-0.4, -0.2) is 38.1 Å². The third-order valence-electron chi connectivity index (χ3n) is 4.47. The molecule has 26 heavy (non-hydrogen) atoms. The summed E-state index contributed by atoms with van der Waals surface area (Å²) < 4.78 is 18.9. The molecule has 1 aliphatic rings.